The van der Waals surface area contributed by atoms with Gasteiger partial charge in [-0.25, -0.2) is 0 Å². The number of hydrogen-bond acceptors (Lipinski definition) is 2. The molecule has 0 N–H and O–H groups in total. The Morgan fingerprint density at radius 2 is 0.929 bits per heavy atom. The standard InChI is InChI=1S/C32H36S2.6CH3.2Sn/c1-5-9-11-21(7-3)17-25-23-13-15-33-31(23)29-20-28-26(18-22(8-4)12-10-6-2)24-14-16-34-32(24)30(28)19-27(25)29;;;;;;;;/h13-14,17-22H,5-12H2,1-4H3;6*1H3;;/b25-17+,26-18+;;;;;;;;. The molecule has 5 rings (SSSR count). The molecule has 0 amide bonds. The van der Waals surface area contributed by atoms with E-state index in [1.54, 1.807) is 37.8 Å². The zero-order chi connectivity index (χ0) is 30.4. The predicted octanol–water partition coefficient (Wildman–Crippen LogP) is 12.2. The van der Waals surface area contributed by atoms with Crippen molar-refractivity contribution in [2.45, 2.75) is 109 Å². The first-order valence-corrected chi connectivity index (χ1v) is 38.4. The molecule has 0 saturated carbocycles. The summed E-state index contributed by atoms with van der Waals surface area (Å²) in [6, 6.07) is 10.6. The minimum atomic E-state index is -2.20. The van der Waals surface area contributed by atoms with Crippen LogP contribution in [-0.4, -0.2) is 36.8 Å². The Labute approximate surface area is 273 Å². The average Bonchev–Trinajstić information content (AvgIpc) is 3.68. The Hall–Kier alpha value is -0.303. The van der Waals surface area contributed by atoms with Crippen LogP contribution >= 0.6 is 22.7 Å². The molecule has 1 aromatic carbocycles. The monoisotopic (exact) mass is 814 g/mol. The van der Waals surface area contributed by atoms with Crippen molar-refractivity contribution in [2.75, 3.05) is 0 Å². The molecule has 226 valence electrons. The molecule has 0 radical (unpaired) electrons. The van der Waals surface area contributed by atoms with E-state index in [4.69, 9.17) is 0 Å². The van der Waals surface area contributed by atoms with Gasteiger partial charge in [-0.1, -0.05) is 0 Å². The van der Waals surface area contributed by atoms with Crippen LogP contribution in [0.5, 0.6) is 0 Å². The summed E-state index contributed by atoms with van der Waals surface area (Å²) >= 11 is -0.119. The average molecular weight is 812 g/mol. The molecule has 2 heterocycles. The van der Waals surface area contributed by atoms with Crippen LogP contribution in [-0.2, 0) is 0 Å². The topological polar surface area (TPSA) is 0 Å². The number of hydrogen-bond donors (Lipinski definition) is 0. The van der Waals surface area contributed by atoms with Gasteiger partial charge < -0.3 is 0 Å². The summed E-state index contributed by atoms with van der Waals surface area (Å²) in [5, 5.41) is 0. The number of allylic oxidation sites excluding steroid dienone is 2. The molecule has 2 unspecified atom stereocenters. The summed E-state index contributed by atoms with van der Waals surface area (Å²) in [6.45, 7) is 9.44. The number of unbranched alkanes of at least 4 members (excludes halogenated alkanes) is 2. The molecule has 4 heteroatoms. The van der Waals surface area contributed by atoms with Crippen LogP contribution in [0.25, 0.3) is 32.0 Å². The van der Waals surface area contributed by atoms with Crippen LogP contribution < -0.4 is 5.79 Å². The third-order valence-corrected chi connectivity index (χ3v) is 30.7. The predicted molar refractivity (Wildman–Crippen MR) is 200 cm³/mol. The molecule has 2 aliphatic rings. The number of benzene rings is 1. The number of rotatable bonds is 12. The van der Waals surface area contributed by atoms with Crippen molar-refractivity contribution in [3.05, 3.63) is 58.7 Å². The third kappa shape index (κ3) is 6.49. The van der Waals surface area contributed by atoms with Crippen molar-refractivity contribution in [1.82, 2.24) is 0 Å². The normalized spacial score (nSPS) is 17.5. The Morgan fingerprint density at radius 1 is 0.548 bits per heavy atom. The fourth-order valence-electron chi connectivity index (χ4n) is 6.61. The second-order valence-electron chi connectivity index (χ2n) is 14.9. The summed E-state index contributed by atoms with van der Waals surface area (Å²) in [7, 11) is 0. The van der Waals surface area contributed by atoms with E-state index < -0.39 is 36.8 Å². The van der Waals surface area contributed by atoms with Crippen molar-refractivity contribution in [1.29, 1.82) is 0 Å². The van der Waals surface area contributed by atoms with Gasteiger partial charge in [0.15, 0.2) is 0 Å². The van der Waals surface area contributed by atoms with Crippen LogP contribution in [0.2, 0.25) is 29.6 Å². The molecule has 2 aromatic heterocycles. The van der Waals surface area contributed by atoms with Crippen molar-refractivity contribution in [2.24, 2.45) is 11.8 Å². The van der Waals surface area contributed by atoms with E-state index in [1.165, 1.54) is 73.6 Å². The quantitative estimate of drug-likeness (QED) is 0.110. The fourth-order valence-corrected chi connectivity index (χ4v) is 19.4. The van der Waals surface area contributed by atoms with Crippen molar-refractivity contribution >= 4 is 76.4 Å². The van der Waals surface area contributed by atoms with E-state index in [-0.39, 0.29) is 0 Å². The summed E-state index contributed by atoms with van der Waals surface area (Å²) in [4.78, 5) is 18.6. The molecule has 0 bridgehead atoms. The molecule has 0 saturated heterocycles. The second-order valence-corrected chi connectivity index (χ2v) is 47.9. The summed E-state index contributed by atoms with van der Waals surface area (Å²) in [5.74, 6) is 1.32. The molecular weight excluding hydrogens is 758 g/mol. The van der Waals surface area contributed by atoms with E-state index >= 15 is 0 Å². The molecule has 3 aromatic rings. The minimum absolute atomic E-state index is 0.659. The molecule has 42 heavy (non-hydrogen) atoms. The SMILES string of the molecule is CCCCC(/C=C1/c2cc3c(cc2-c2s[c]([Sn]([CH3])([CH3])[CH3])cc21)/C(=C/C(CC)CCCC)c1c[c]([Sn]([CH3])([CH3])[CH3])sc1-3)CC. The van der Waals surface area contributed by atoms with Crippen molar-refractivity contribution < 1.29 is 0 Å². The van der Waals surface area contributed by atoms with Crippen LogP contribution in [0.1, 0.15) is 101 Å². The van der Waals surface area contributed by atoms with Gasteiger partial charge in [0.1, 0.15) is 0 Å². The Morgan fingerprint density at radius 3 is 1.24 bits per heavy atom. The molecule has 2 atom stereocenters. The van der Waals surface area contributed by atoms with Gasteiger partial charge in [-0.3, -0.25) is 0 Å². The maximum atomic E-state index is 2.69. The van der Waals surface area contributed by atoms with Gasteiger partial charge in [-0.05, 0) is 0 Å². The molecule has 0 aliphatic heterocycles. The first-order valence-electron chi connectivity index (χ1n) is 16.8. The Kier molecular flexibility index (Phi) is 10.4. The molecule has 0 spiro atoms. The van der Waals surface area contributed by atoms with Crippen LogP contribution in [0.3, 0.4) is 0 Å². The van der Waals surface area contributed by atoms with Gasteiger partial charge in [0.25, 0.3) is 0 Å². The maximum absolute atomic E-state index is 2.69. The molecular formula is C38H54S2Sn2. The Balaban J connectivity index is 1.73. The summed E-state index contributed by atoms with van der Waals surface area (Å²) in [5.41, 5.74) is 12.3. The number of fused-ring (bicyclic) bond motifs is 6. The molecule has 0 nitrogen and oxygen atoms in total. The van der Waals surface area contributed by atoms with Gasteiger partial charge in [0, 0.05) is 0 Å². The van der Waals surface area contributed by atoms with E-state index in [1.807, 2.05) is 0 Å². The van der Waals surface area contributed by atoms with Gasteiger partial charge >= 0.3 is 276 Å². The van der Waals surface area contributed by atoms with E-state index in [9.17, 15) is 0 Å². The molecule has 2 aliphatic carbocycles. The van der Waals surface area contributed by atoms with Gasteiger partial charge in [0.05, 0.1) is 0 Å². The van der Waals surface area contributed by atoms with Crippen LogP contribution in [0, 0.1) is 11.8 Å². The van der Waals surface area contributed by atoms with E-state index in [0.717, 1.165) is 0 Å². The summed E-state index contributed by atoms with van der Waals surface area (Å²) < 4.78 is 3.44. The first-order chi connectivity index (χ1) is 19.9. The zero-order valence-electron chi connectivity index (χ0n) is 28.1. The zero-order valence-corrected chi connectivity index (χ0v) is 35.4. The second kappa shape index (κ2) is 13.2. The fraction of sp³-hybridized carbons (Fsp3) is 0.526. The van der Waals surface area contributed by atoms with Crippen molar-refractivity contribution in [3.8, 4) is 20.9 Å². The van der Waals surface area contributed by atoms with E-state index in [2.05, 4.69) is 116 Å². The molecule has 0 fully saturated rings. The van der Waals surface area contributed by atoms with Gasteiger partial charge in [0.2, 0.25) is 0 Å². The van der Waals surface area contributed by atoms with Gasteiger partial charge in [-0.2, -0.15) is 0 Å². The first kappa shape index (κ1) is 33.1. The third-order valence-electron chi connectivity index (χ3n) is 9.46. The van der Waals surface area contributed by atoms with Crippen LogP contribution in [0.15, 0.2) is 36.4 Å². The van der Waals surface area contributed by atoms with Crippen LogP contribution in [0.4, 0.5) is 0 Å². The number of thiophene rings is 2. The van der Waals surface area contributed by atoms with Gasteiger partial charge in [-0.15, -0.1) is 0 Å². The van der Waals surface area contributed by atoms with E-state index in [0.29, 0.717) is 11.8 Å². The summed E-state index contributed by atoms with van der Waals surface area (Å²) in [6.07, 6.45) is 15.7. The van der Waals surface area contributed by atoms with Crippen molar-refractivity contribution in [3.63, 3.8) is 0 Å². The Bertz CT molecular complexity index is 1380.